The van der Waals surface area contributed by atoms with Crippen LogP contribution in [0.15, 0.2) is 28.7 Å². The van der Waals surface area contributed by atoms with Crippen molar-refractivity contribution in [3.8, 4) is 0 Å². The molecule has 100 valence electrons. The molecule has 0 spiro atoms. The van der Waals surface area contributed by atoms with E-state index in [9.17, 15) is 0 Å². The molecule has 18 heavy (non-hydrogen) atoms. The Kier molecular flexibility index (Phi) is 5.22. The van der Waals surface area contributed by atoms with Crippen LogP contribution >= 0.6 is 15.9 Å². The molecule has 0 radical (unpaired) electrons. The van der Waals surface area contributed by atoms with Gasteiger partial charge >= 0.3 is 0 Å². The number of hydrogen-bond acceptors (Lipinski definition) is 2. The maximum Gasteiger partial charge on any atom is 0.0356 e. The number of halogens is 1. The van der Waals surface area contributed by atoms with Crippen LogP contribution in [0.4, 0.5) is 0 Å². The van der Waals surface area contributed by atoms with Gasteiger partial charge in [0, 0.05) is 10.5 Å². The summed E-state index contributed by atoms with van der Waals surface area (Å²) >= 11 is 3.69. The van der Waals surface area contributed by atoms with Gasteiger partial charge in [0.05, 0.1) is 0 Å². The van der Waals surface area contributed by atoms with Gasteiger partial charge in [0.25, 0.3) is 0 Å². The Bertz CT molecular complexity index is 373. The van der Waals surface area contributed by atoms with E-state index < -0.39 is 0 Å². The topological polar surface area (TPSA) is 15.3 Å². The summed E-state index contributed by atoms with van der Waals surface area (Å²) in [6.45, 7) is 2.37. The number of piperidine rings is 1. The zero-order valence-corrected chi connectivity index (χ0v) is 12.9. The van der Waals surface area contributed by atoms with E-state index in [4.69, 9.17) is 0 Å². The van der Waals surface area contributed by atoms with E-state index in [0.717, 1.165) is 5.92 Å². The molecular weight excluding hydrogens is 288 g/mol. The third-order valence-corrected chi connectivity index (χ3v) is 4.57. The predicted molar refractivity (Wildman–Crippen MR) is 80.8 cm³/mol. The van der Waals surface area contributed by atoms with Crippen LogP contribution in [-0.4, -0.2) is 32.1 Å². The van der Waals surface area contributed by atoms with Gasteiger partial charge in [-0.3, -0.25) is 0 Å². The van der Waals surface area contributed by atoms with E-state index in [1.54, 1.807) is 0 Å². The first-order valence-electron chi connectivity index (χ1n) is 6.80. The molecule has 3 heteroatoms. The van der Waals surface area contributed by atoms with Gasteiger partial charge < -0.3 is 10.2 Å². The molecule has 2 rings (SSSR count). The van der Waals surface area contributed by atoms with E-state index >= 15 is 0 Å². The summed E-state index contributed by atoms with van der Waals surface area (Å²) in [6, 6.07) is 9.11. The fourth-order valence-corrected chi connectivity index (χ4v) is 3.35. The van der Waals surface area contributed by atoms with Crippen LogP contribution in [0.3, 0.4) is 0 Å². The Morgan fingerprint density at radius 3 is 2.78 bits per heavy atom. The van der Waals surface area contributed by atoms with Gasteiger partial charge in [-0.15, -0.1) is 0 Å². The molecule has 2 unspecified atom stereocenters. The van der Waals surface area contributed by atoms with E-state index in [0.29, 0.717) is 6.04 Å². The van der Waals surface area contributed by atoms with Crippen LogP contribution in [0.25, 0.3) is 0 Å². The third-order valence-electron chi connectivity index (χ3n) is 3.84. The molecule has 2 atom stereocenters. The summed E-state index contributed by atoms with van der Waals surface area (Å²) in [5.41, 5.74) is 1.41. The normalized spacial score (nSPS) is 22.1. The SMILES string of the molecule is CN(C)C(CC1CCCNC1)c1ccccc1Br. The van der Waals surface area contributed by atoms with Crippen molar-refractivity contribution in [3.63, 3.8) is 0 Å². The van der Waals surface area contributed by atoms with Crippen molar-refractivity contribution in [1.29, 1.82) is 0 Å². The van der Waals surface area contributed by atoms with Crippen LogP contribution in [0.2, 0.25) is 0 Å². The number of benzene rings is 1. The summed E-state index contributed by atoms with van der Waals surface area (Å²) < 4.78 is 1.23. The number of hydrogen-bond donors (Lipinski definition) is 1. The van der Waals surface area contributed by atoms with Gasteiger partial charge in [0.15, 0.2) is 0 Å². The Morgan fingerprint density at radius 1 is 1.39 bits per heavy atom. The molecule has 0 aliphatic carbocycles. The highest BCUT2D eigenvalue weighted by atomic mass is 79.9. The molecule has 0 saturated carbocycles. The number of nitrogens with one attached hydrogen (secondary N) is 1. The molecule has 1 fully saturated rings. The average molecular weight is 311 g/mol. The van der Waals surface area contributed by atoms with Gasteiger partial charge in [-0.2, -0.15) is 0 Å². The lowest BCUT2D eigenvalue weighted by molar-refractivity contribution is 0.225. The average Bonchev–Trinajstić information content (AvgIpc) is 2.38. The first kappa shape index (κ1) is 14.0. The molecule has 1 aromatic carbocycles. The van der Waals surface area contributed by atoms with Crippen LogP contribution in [0.5, 0.6) is 0 Å². The van der Waals surface area contributed by atoms with Crippen molar-refractivity contribution in [1.82, 2.24) is 10.2 Å². The van der Waals surface area contributed by atoms with E-state index in [-0.39, 0.29) is 0 Å². The Morgan fingerprint density at radius 2 is 2.17 bits per heavy atom. The smallest absolute Gasteiger partial charge is 0.0356 e. The van der Waals surface area contributed by atoms with E-state index in [2.05, 4.69) is 64.5 Å². The molecule has 1 heterocycles. The van der Waals surface area contributed by atoms with Crippen LogP contribution in [0, 0.1) is 5.92 Å². The van der Waals surface area contributed by atoms with Gasteiger partial charge in [-0.05, 0) is 64.0 Å². The van der Waals surface area contributed by atoms with Gasteiger partial charge in [0.2, 0.25) is 0 Å². The highest BCUT2D eigenvalue weighted by Gasteiger charge is 2.22. The van der Waals surface area contributed by atoms with Crippen molar-refractivity contribution in [2.24, 2.45) is 5.92 Å². The number of rotatable bonds is 4. The van der Waals surface area contributed by atoms with Crippen molar-refractivity contribution >= 4 is 15.9 Å². The van der Waals surface area contributed by atoms with Crippen molar-refractivity contribution in [3.05, 3.63) is 34.3 Å². The fourth-order valence-electron chi connectivity index (χ4n) is 2.80. The van der Waals surface area contributed by atoms with Crippen LogP contribution in [0.1, 0.15) is 30.9 Å². The minimum absolute atomic E-state index is 0.505. The van der Waals surface area contributed by atoms with Crippen molar-refractivity contribution < 1.29 is 0 Å². The molecule has 0 amide bonds. The summed E-state index contributed by atoms with van der Waals surface area (Å²) in [4.78, 5) is 2.34. The lowest BCUT2D eigenvalue weighted by Gasteiger charge is -2.31. The maximum atomic E-state index is 3.69. The van der Waals surface area contributed by atoms with Gasteiger partial charge in [-0.25, -0.2) is 0 Å². The van der Waals surface area contributed by atoms with Crippen LogP contribution in [-0.2, 0) is 0 Å². The molecule has 1 aliphatic heterocycles. The van der Waals surface area contributed by atoms with E-state index in [1.165, 1.54) is 42.4 Å². The Hall–Kier alpha value is -0.380. The van der Waals surface area contributed by atoms with E-state index in [1.807, 2.05) is 0 Å². The Labute approximate surface area is 119 Å². The summed E-state index contributed by atoms with van der Waals surface area (Å²) in [6.07, 6.45) is 3.92. The second-order valence-corrected chi connectivity index (χ2v) is 6.30. The zero-order chi connectivity index (χ0) is 13.0. The molecule has 0 aromatic heterocycles. The van der Waals surface area contributed by atoms with Gasteiger partial charge in [0.1, 0.15) is 0 Å². The molecular formula is C15H23BrN2. The summed E-state index contributed by atoms with van der Waals surface area (Å²) in [5.74, 6) is 0.804. The maximum absolute atomic E-state index is 3.69. The fraction of sp³-hybridized carbons (Fsp3) is 0.600. The predicted octanol–water partition coefficient (Wildman–Crippen LogP) is 3.44. The highest BCUT2D eigenvalue weighted by Crippen LogP contribution is 2.32. The quantitative estimate of drug-likeness (QED) is 0.916. The molecule has 2 nitrogen and oxygen atoms in total. The molecule has 1 aromatic rings. The lowest BCUT2D eigenvalue weighted by Crippen LogP contribution is -2.33. The third kappa shape index (κ3) is 3.56. The first-order valence-corrected chi connectivity index (χ1v) is 7.59. The molecule has 1 N–H and O–H groups in total. The minimum Gasteiger partial charge on any atom is -0.316 e. The van der Waals surface area contributed by atoms with Crippen LogP contribution < -0.4 is 5.32 Å². The van der Waals surface area contributed by atoms with Crippen molar-refractivity contribution in [2.75, 3.05) is 27.2 Å². The van der Waals surface area contributed by atoms with Gasteiger partial charge in [-0.1, -0.05) is 34.1 Å². The Balaban J connectivity index is 2.10. The standard InChI is InChI=1S/C15H23BrN2/c1-18(2)15(10-12-6-5-9-17-11-12)13-7-3-4-8-14(13)16/h3-4,7-8,12,15,17H,5-6,9-11H2,1-2H3. The molecule has 1 aliphatic rings. The molecule has 0 bridgehead atoms. The first-order chi connectivity index (χ1) is 8.68. The van der Waals surface area contributed by atoms with Crippen molar-refractivity contribution in [2.45, 2.75) is 25.3 Å². The zero-order valence-electron chi connectivity index (χ0n) is 11.3. The molecule has 1 saturated heterocycles. The minimum atomic E-state index is 0.505. The lowest BCUT2D eigenvalue weighted by atomic mass is 9.89. The second kappa shape index (κ2) is 6.69. The summed E-state index contributed by atoms with van der Waals surface area (Å²) in [7, 11) is 4.36. The monoisotopic (exact) mass is 310 g/mol. The highest BCUT2D eigenvalue weighted by molar-refractivity contribution is 9.10. The largest absolute Gasteiger partial charge is 0.316 e. The summed E-state index contributed by atoms with van der Waals surface area (Å²) in [5, 5.41) is 3.51. The number of nitrogens with zero attached hydrogens (tertiary/aromatic N) is 1. The second-order valence-electron chi connectivity index (χ2n) is 5.45.